The molecule has 0 radical (unpaired) electrons. The van der Waals surface area contributed by atoms with Gasteiger partial charge < -0.3 is 14.4 Å². The average Bonchev–Trinajstić information content (AvgIpc) is 2.67. The molecule has 0 bridgehead atoms. The Kier molecular flexibility index (Phi) is 5.99. The van der Waals surface area contributed by atoms with Gasteiger partial charge in [-0.15, -0.1) is 11.8 Å². The van der Waals surface area contributed by atoms with Crippen LogP contribution in [0.1, 0.15) is 18.1 Å². The number of benzene rings is 2. The minimum atomic E-state index is -0.155. The number of halogens is 1. The van der Waals surface area contributed by atoms with Crippen molar-refractivity contribution in [3.05, 3.63) is 52.5 Å². The molecule has 3 rings (SSSR count). The Labute approximate surface area is 163 Å². The van der Waals surface area contributed by atoms with E-state index in [2.05, 4.69) is 0 Å². The summed E-state index contributed by atoms with van der Waals surface area (Å²) in [7, 11) is 3.26. The molecule has 1 atom stereocenters. The summed E-state index contributed by atoms with van der Waals surface area (Å²) in [4.78, 5) is 15.8. The highest BCUT2D eigenvalue weighted by atomic mass is 35.5. The summed E-state index contributed by atoms with van der Waals surface area (Å²) in [5.74, 6) is 1.58. The van der Waals surface area contributed by atoms with Gasteiger partial charge in [0, 0.05) is 23.0 Å². The van der Waals surface area contributed by atoms with E-state index in [4.69, 9.17) is 21.1 Å². The van der Waals surface area contributed by atoms with Crippen LogP contribution in [0.15, 0.2) is 41.3 Å². The topological polar surface area (TPSA) is 38.8 Å². The van der Waals surface area contributed by atoms with Crippen molar-refractivity contribution in [2.45, 2.75) is 30.0 Å². The molecule has 1 aliphatic rings. The highest BCUT2D eigenvalue weighted by Gasteiger charge is 2.26. The van der Waals surface area contributed by atoms with Crippen LogP contribution in [0.2, 0.25) is 5.02 Å². The zero-order valence-corrected chi connectivity index (χ0v) is 16.7. The maximum absolute atomic E-state index is 12.9. The monoisotopic (exact) mass is 391 g/mol. The van der Waals surface area contributed by atoms with Crippen LogP contribution in [-0.2, 0) is 17.8 Å². The molecule has 0 saturated heterocycles. The van der Waals surface area contributed by atoms with Crippen LogP contribution < -0.4 is 9.47 Å². The molecule has 0 aromatic heterocycles. The number of nitrogens with zero attached hydrogens (tertiary/aromatic N) is 1. The number of amides is 1. The number of ether oxygens (including phenoxy) is 2. The summed E-state index contributed by atoms with van der Waals surface area (Å²) >= 11 is 7.48. The fourth-order valence-corrected chi connectivity index (χ4v) is 4.17. The quantitative estimate of drug-likeness (QED) is 0.707. The Morgan fingerprint density at radius 2 is 1.73 bits per heavy atom. The molecule has 0 N–H and O–H groups in total. The molecule has 0 fully saturated rings. The first kappa shape index (κ1) is 18.9. The van der Waals surface area contributed by atoms with Gasteiger partial charge in [-0.1, -0.05) is 11.6 Å². The summed E-state index contributed by atoms with van der Waals surface area (Å²) < 4.78 is 10.8. The van der Waals surface area contributed by atoms with E-state index in [0.29, 0.717) is 23.9 Å². The van der Waals surface area contributed by atoms with Crippen LogP contribution in [0, 0.1) is 0 Å². The molecule has 1 unspecified atom stereocenters. The number of carbonyl (C=O) groups excluding carboxylic acids is 1. The average molecular weight is 392 g/mol. The van der Waals surface area contributed by atoms with Gasteiger partial charge in [-0.2, -0.15) is 0 Å². The number of hydrogen-bond donors (Lipinski definition) is 0. The van der Waals surface area contributed by atoms with Crippen LogP contribution in [0.25, 0.3) is 0 Å². The molecule has 0 spiro atoms. The number of fused-ring (bicyclic) bond motifs is 1. The Morgan fingerprint density at radius 3 is 2.35 bits per heavy atom. The third-order valence-corrected chi connectivity index (χ3v) is 5.86. The molecule has 2 aromatic rings. The highest BCUT2D eigenvalue weighted by molar-refractivity contribution is 8.00. The van der Waals surface area contributed by atoms with E-state index in [1.807, 2.05) is 48.2 Å². The Balaban J connectivity index is 1.71. The molecule has 1 amide bonds. The van der Waals surface area contributed by atoms with Crippen LogP contribution >= 0.6 is 23.4 Å². The molecule has 0 aliphatic carbocycles. The first-order valence-corrected chi connectivity index (χ1v) is 9.72. The van der Waals surface area contributed by atoms with Crippen LogP contribution in [0.3, 0.4) is 0 Å². The zero-order chi connectivity index (χ0) is 18.7. The maximum atomic E-state index is 12.9. The second-order valence-corrected chi connectivity index (χ2v) is 8.05. The second kappa shape index (κ2) is 8.23. The zero-order valence-electron chi connectivity index (χ0n) is 15.1. The molecule has 26 heavy (non-hydrogen) atoms. The predicted molar refractivity (Wildman–Crippen MR) is 105 cm³/mol. The Morgan fingerprint density at radius 1 is 1.12 bits per heavy atom. The van der Waals surface area contributed by atoms with Crippen molar-refractivity contribution in [2.24, 2.45) is 0 Å². The van der Waals surface area contributed by atoms with E-state index in [0.717, 1.165) is 22.6 Å². The van der Waals surface area contributed by atoms with E-state index in [9.17, 15) is 4.79 Å². The van der Waals surface area contributed by atoms with Crippen molar-refractivity contribution in [2.75, 3.05) is 20.8 Å². The summed E-state index contributed by atoms with van der Waals surface area (Å²) in [6.07, 6.45) is 0.819. The van der Waals surface area contributed by atoms with Crippen molar-refractivity contribution in [3.63, 3.8) is 0 Å². The van der Waals surface area contributed by atoms with Crippen molar-refractivity contribution in [1.29, 1.82) is 0 Å². The maximum Gasteiger partial charge on any atom is 0.236 e. The van der Waals surface area contributed by atoms with Crippen molar-refractivity contribution < 1.29 is 14.3 Å². The van der Waals surface area contributed by atoms with Gasteiger partial charge in [-0.05, 0) is 60.9 Å². The number of thioether (sulfide) groups is 1. The number of carbonyl (C=O) groups is 1. The van der Waals surface area contributed by atoms with Gasteiger partial charge in [-0.25, -0.2) is 0 Å². The Bertz CT molecular complexity index is 794. The molecule has 1 heterocycles. The van der Waals surface area contributed by atoms with E-state index >= 15 is 0 Å². The van der Waals surface area contributed by atoms with Gasteiger partial charge in [0.2, 0.25) is 5.91 Å². The second-order valence-electron chi connectivity index (χ2n) is 6.20. The number of methoxy groups -OCH3 is 2. The molecular formula is C20H22ClNO3S. The third kappa shape index (κ3) is 4.10. The predicted octanol–water partition coefficient (Wildman–Crippen LogP) is 4.42. The Hall–Kier alpha value is -1.85. The van der Waals surface area contributed by atoms with Crippen LogP contribution in [0.4, 0.5) is 0 Å². The lowest BCUT2D eigenvalue weighted by atomic mass is 9.98. The van der Waals surface area contributed by atoms with Gasteiger partial charge in [-0.3, -0.25) is 4.79 Å². The number of hydrogen-bond acceptors (Lipinski definition) is 4. The normalized spacial score (nSPS) is 14.5. The minimum Gasteiger partial charge on any atom is -0.493 e. The number of rotatable bonds is 5. The standard InChI is InChI=1S/C20H22ClNO3S/c1-13(26-17-6-4-16(21)5-7-17)20(23)22-9-8-14-10-18(24-2)19(25-3)11-15(14)12-22/h4-7,10-11,13H,8-9,12H2,1-3H3. The molecule has 4 nitrogen and oxygen atoms in total. The lowest BCUT2D eigenvalue weighted by Crippen LogP contribution is -2.40. The first-order chi connectivity index (χ1) is 12.5. The molecule has 1 aliphatic heterocycles. The highest BCUT2D eigenvalue weighted by Crippen LogP contribution is 2.34. The van der Waals surface area contributed by atoms with Crippen molar-refractivity contribution >= 4 is 29.3 Å². The van der Waals surface area contributed by atoms with E-state index in [-0.39, 0.29) is 11.2 Å². The summed E-state index contributed by atoms with van der Waals surface area (Å²) in [5, 5.41) is 0.545. The van der Waals surface area contributed by atoms with Gasteiger partial charge >= 0.3 is 0 Å². The van der Waals surface area contributed by atoms with Crippen LogP contribution in [0.5, 0.6) is 11.5 Å². The van der Waals surface area contributed by atoms with E-state index in [1.54, 1.807) is 26.0 Å². The molecule has 138 valence electrons. The van der Waals surface area contributed by atoms with Gasteiger partial charge in [0.05, 0.1) is 19.5 Å². The van der Waals surface area contributed by atoms with Gasteiger partial charge in [0.1, 0.15) is 0 Å². The van der Waals surface area contributed by atoms with E-state index in [1.165, 1.54) is 5.56 Å². The fraction of sp³-hybridized carbons (Fsp3) is 0.350. The molecule has 6 heteroatoms. The van der Waals surface area contributed by atoms with E-state index < -0.39 is 0 Å². The SMILES string of the molecule is COc1cc2c(cc1OC)CN(C(=O)C(C)Sc1ccc(Cl)cc1)CC2. The summed E-state index contributed by atoms with van der Waals surface area (Å²) in [6, 6.07) is 11.6. The third-order valence-electron chi connectivity index (χ3n) is 4.50. The lowest BCUT2D eigenvalue weighted by Gasteiger charge is -2.31. The summed E-state index contributed by atoms with van der Waals surface area (Å²) in [6.45, 7) is 3.26. The molecular weight excluding hydrogens is 370 g/mol. The van der Waals surface area contributed by atoms with Gasteiger partial charge in [0.25, 0.3) is 0 Å². The lowest BCUT2D eigenvalue weighted by molar-refractivity contribution is -0.131. The summed E-state index contributed by atoms with van der Waals surface area (Å²) in [5.41, 5.74) is 2.33. The molecule has 2 aromatic carbocycles. The fourth-order valence-electron chi connectivity index (χ4n) is 3.10. The van der Waals surface area contributed by atoms with Crippen LogP contribution in [-0.4, -0.2) is 36.8 Å². The first-order valence-electron chi connectivity index (χ1n) is 8.46. The van der Waals surface area contributed by atoms with Crippen molar-refractivity contribution in [1.82, 2.24) is 4.90 Å². The smallest absolute Gasteiger partial charge is 0.236 e. The van der Waals surface area contributed by atoms with Crippen molar-refractivity contribution in [3.8, 4) is 11.5 Å². The largest absolute Gasteiger partial charge is 0.493 e. The minimum absolute atomic E-state index is 0.144. The molecule has 0 saturated carbocycles. The van der Waals surface area contributed by atoms with Gasteiger partial charge in [0.15, 0.2) is 11.5 Å².